The molecule has 4 fully saturated rings. The van der Waals surface area contributed by atoms with Crippen LogP contribution in [-0.2, 0) is 33.2 Å². The predicted octanol–water partition coefficient (Wildman–Crippen LogP) is -9.75. The minimum absolute atomic E-state index is 0.698. The van der Waals surface area contributed by atoms with E-state index < -0.39 is 149 Å². The molecule has 0 aromatic rings. The molecule has 264 valence electrons. The first-order chi connectivity index (χ1) is 21.2. The fourth-order valence-corrected chi connectivity index (χ4v) is 5.50. The maximum Gasteiger partial charge on any atom is 0.187 e. The molecular formula is C24H42O21. The average molecular weight is 667 g/mol. The van der Waals surface area contributed by atoms with Crippen molar-refractivity contribution < 1.29 is 105 Å². The third kappa shape index (κ3) is 7.59. The summed E-state index contributed by atoms with van der Waals surface area (Å²) in [4.78, 5) is 0. The molecule has 21 heteroatoms. The molecule has 4 aliphatic heterocycles. The molecular weight excluding hydrogens is 624 g/mol. The molecule has 21 nitrogen and oxygen atoms in total. The van der Waals surface area contributed by atoms with Crippen molar-refractivity contribution in [1.29, 1.82) is 0 Å². The second-order valence-corrected chi connectivity index (χ2v) is 11.2. The van der Waals surface area contributed by atoms with Crippen LogP contribution in [0.2, 0.25) is 0 Å². The van der Waals surface area contributed by atoms with Crippen LogP contribution in [0.1, 0.15) is 0 Å². The molecule has 0 unspecified atom stereocenters. The Morgan fingerprint density at radius 1 is 0.444 bits per heavy atom. The van der Waals surface area contributed by atoms with Crippen LogP contribution in [-0.4, -0.2) is 221 Å². The number of ether oxygens (including phenoxy) is 7. The van der Waals surface area contributed by atoms with Gasteiger partial charge in [0.1, 0.15) is 97.7 Å². The molecule has 0 spiro atoms. The molecule has 4 rings (SSSR count). The Morgan fingerprint density at radius 2 is 0.844 bits per heavy atom. The number of hydrogen-bond donors (Lipinski definition) is 14. The van der Waals surface area contributed by atoms with E-state index in [1.807, 2.05) is 0 Å². The van der Waals surface area contributed by atoms with Gasteiger partial charge in [-0.25, -0.2) is 0 Å². The lowest BCUT2D eigenvalue weighted by Crippen LogP contribution is -2.46. The summed E-state index contributed by atoms with van der Waals surface area (Å²) in [5.41, 5.74) is 0. The van der Waals surface area contributed by atoms with E-state index >= 15 is 0 Å². The highest BCUT2D eigenvalue weighted by Crippen LogP contribution is 2.33. The molecule has 0 aromatic heterocycles. The number of aliphatic hydroxyl groups excluding tert-OH is 14. The Balaban J connectivity index is 1.32. The van der Waals surface area contributed by atoms with Crippen LogP contribution in [0, 0.1) is 0 Å². The van der Waals surface area contributed by atoms with Gasteiger partial charge in [-0.3, -0.25) is 0 Å². The van der Waals surface area contributed by atoms with Crippen molar-refractivity contribution in [2.45, 2.75) is 123 Å². The number of rotatable bonds is 14. The highest BCUT2D eigenvalue weighted by atomic mass is 16.8. The van der Waals surface area contributed by atoms with Gasteiger partial charge in [-0.15, -0.1) is 0 Å². The number of hydrogen-bond acceptors (Lipinski definition) is 21. The van der Waals surface area contributed by atoms with Gasteiger partial charge in [-0.05, 0) is 0 Å². The van der Waals surface area contributed by atoms with E-state index in [1.54, 1.807) is 0 Å². The zero-order valence-corrected chi connectivity index (χ0v) is 23.5. The Kier molecular flexibility index (Phi) is 12.8. The first kappa shape index (κ1) is 37.0. The molecule has 4 saturated heterocycles. The van der Waals surface area contributed by atoms with Crippen LogP contribution in [0.15, 0.2) is 0 Å². The lowest BCUT2D eigenvalue weighted by molar-refractivity contribution is -0.261. The van der Waals surface area contributed by atoms with Gasteiger partial charge in [0, 0.05) is 0 Å². The third-order valence-corrected chi connectivity index (χ3v) is 8.13. The summed E-state index contributed by atoms with van der Waals surface area (Å²) in [6.45, 7) is -3.24. The van der Waals surface area contributed by atoms with Gasteiger partial charge in [0.2, 0.25) is 0 Å². The first-order valence-electron chi connectivity index (χ1n) is 14.1. The van der Waals surface area contributed by atoms with Crippen LogP contribution in [0.4, 0.5) is 0 Å². The van der Waals surface area contributed by atoms with Crippen LogP contribution >= 0.6 is 0 Å². The highest BCUT2D eigenvalue weighted by Gasteiger charge is 2.54. The molecule has 4 aliphatic rings. The standard InChI is InChI=1S/C24H42O21/c25-1-5(28)17-10(31)14(35)22(43-17)39-4-6(29)18-11(32)15(36)23(44-18)41-8(3-27)20-12(33)16(37)24(45-20)40-7(2-26)19-9(30)13(34)21(38)42-19/h5-38H,1-4H2/t5-,6-,7-,8-,9-,10-,11-,12-,13-,14-,15-,16-,17+,18+,19+,20+,21-,22-,23-,24-/m1/s1. The summed E-state index contributed by atoms with van der Waals surface area (Å²) in [5.74, 6) is 0. The van der Waals surface area contributed by atoms with Gasteiger partial charge >= 0.3 is 0 Å². The van der Waals surface area contributed by atoms with Crippen LogP contribution in [0.5, 0.6) is 0 Å². The topological polar surface area (TPSA) is 348 Å². The zero-order valence-electron chi connectivity index (χ0n) is 23.5. The quantitative estimate of drug-likeness (QED) is 0.0818. The SMILES string of the molecule is OC[C@@H](O)[C@@H]1O[C@@H](OC[C@@H](O)[C@@H]2O[C@@H](O[C@H](CO)[C@@H]3O[C@@H](O[C@H](CO)[C@@H]4O[C@@H](O)[C@H](O)[C@H]4O)[C@H](O)[C@H]3O)[C@H](O)[C@H]2O)[C@H](O)[C@H]1O. The molecule has 0 aliphatic carbocycles. The van der Waals surface area contributed by atoms with Crippen molar-refractivity contribution in [1.82, 2.24) is 0 Å². The second-order valence-electron chi connectivity index (χ2n) is 11.2. The monoisotopic (exact) mass is 666 g/mol. The fourth-order valence-electron chi connectivity index (χ4n) is 5.50. The summed E-state index contributed by atoms with van der Waals surface area (Å²) >= 11 is 0. The van der Waals surface area contributed by atoms with E-state index in [-0.39, 0.29) is 0 Å². The van der Waals surface area contributed by atoms with Crippen molar-refractivity contribution in [2.75, 3.05) is 26.4 Å². The minimum Gasteiger partial charge on any atom is -0.394 e. The average Bonchev–Trinajstić information content (AvgIpc) is 3.67. The summed E-state index contributed by atoms with van der Waals surface area (Å²) in [6, 6.07) is 0. The van der Waals surface area contributed by atoms with E-state index in [2.05, 4.69) is 0 Å². The normalized spacial score (nSPS) is 48.1. The largest absolute Gasteiger partial charge is 0.394 e. The predicted molar refractivity (Wildman–Crippen MR) is 134 cm³/mol. The molecule has 0 radical (unpaired) electrons. The molecule has 45 heavy (non-hydrogen) atoms. The molecule has 0 aromatic carbocycles. The molecule has 0 saturated carbocycles. The van der Waals surface area contributed by atoms with Crippen molar-refractivity contribution >= 4 is 0 Å². The maximum atomic E-state index is 10.6. The van der Waals surface area contributed by atoms with E-state index in [1.165, 1.54) is 0 Å². The van der Waals surface area contributed by atoms with Gasteiger partial charge in [0.25, 0.3) is 0 Å². The van der Waals surface area contributed by atoms with Crippen LogP contribution in [0.3, 0.4) is 0 Å². The van der Waals surface area contributed by atoms with E-state index in [4.69, 9.17) is 38.3 Å². The third-order valence-electron chi connectivity index (χ3n) is 8.13. The van der Waals surface area contributed by atoms with Crippen LogP contribution in [0.25, 0.3) is 0 Å². The Labute approximate surface area is 254 Å². The lowest BCUT2D eigenvalue weighted by Gasteiger charge is -2.29. The van der Waals surface area contributed by atoms with Crippen molar-refractivity contribution in [3.63, 3.8) is 0 Å². The summed E-state index contributed by atoms with van der Waals surface area (Å²) in [5, 5.41) is 140. The Hall–Kier alpha value is -0.840. The Bertz CT molecular complexity index is 918. The fraction of sp³-hybridized carbons (Fsp3) is 1.00. The highest BCUT2D eigenvalue weighted by molar-refractivity contribution is 4.97. The van der Waals surface area contributed by atoms with Crippen molar-refractivity contribution in [2.24, 2.45) is 0 Å². The lowest BCUT2D eigenvalue weighted by atomic mass is 10.0. The van der Waals surface area contributed by atoms with Crippen molar-refractivity contribution in [3.8, 4) is 0 Å². The maximum absolute atomic E-state index is 10.6. The van der Waals surface area contributed by atoms with Gasteiger partial charge < -0.3 is 105 Å². The molecule has 4 heterocycles. The van der Waals surface area contributed by atoms with Gasteiger partial charge in [-0.2, -0.15) is 0 Å². The molecule has 0 bridgehead atoms. The second kappa shape index (κ2) is 15.6. The summed E-state index contributed by atoms with van der Waals surface area (Å²) in [6.07, 6.45) is -33.1. The smallest absolute Gasteiger partial charge is 0.187 e. The molecule has 14 N–H and O–H groups in total. The summed E-state index contributed by atoms with van der Waals surface area (Å²) in [7, 11) is 0. The van der Waals surface area contributed by atoms with Gasteiger partial charge in [0.05, 0.1) is 26.4 Å². The van der Waals surface area contributed by atoms with E-state index in [0.717, 1.165) is 0 Å². The minimum atomic E-state index is -1.84. The van der Waals surface area contributed by atoms with Gasteiger partial charge in [0.15, 0.2) is 25.2 Å². The molecule has 20 atom stereocenters. The van der Waals surface area contributed by atoms with Crippen LogP contribution < -0.4 is 0 Å². The summed E-state index contributed by atoms with van der Waals surface area (Å²) < 4.78 is 37.2. The van der Waals surface area contributed by atoms with Crippen molar-refractivity contribution in [3.05, 3.63) is 0 Å². The number of aliphatic hydroxyl groups is 14. The molecule has 0 amide bonds. The van der Waals surface area contributed by atoms with E-state index in [0.29, 0.717) is 0 Å². The van der Waals surface area contributed by atoms with E-state index in [9.17, 15) is 66.4 Å². The zero-order chi connectivity index (χ0) is 33.3. The van der Waals surface area contributed by atoms with Gasteiger partial charge in [-0.1, -0.05) is 0 Å². The first-order valence-corrected chi connectivity index (χ1v) is 14.1. The Morgan fingerprint density at radius 3 is 1.31 bits per heavy atom.